The van der Waals surface area contributed by atoms with E-state index in [9.17, 15) is 19.8 Å². The Morgan fingerprint density at radius 2 is 0.969 bits per heavy atom. The van der Waals surface area contributed by atoms with Gasteiger partial charge in [-0.2, -0.15) is 0 Å². The highest BCUT2D eigenvalue weighted by Gasteiger charge is 2.13. The topological polar surface area (TPSA) is 99.5 Å². The van der Waals surface area contributed by atoms with Gasteiger partial charge in [0.15, 0.2) is 0 Å². The molecule has 0 saturated carbocycles. The summed E-state index contributed by atoms with van der Waals surface area (Å²) in [6.07, 6.45) is 1.19. The van der Waals surface area contributed by atoms with Crippen LogP contribution < -0.4 is 9.47 Å². The van der Waals surface area contributed by atoms with E-state index in [-0.39, 0.29) is 0 Å². The Balaban J connectivity index is 1.57. The first-order valence-electron chi connectivity index (χ1n) is 10.9. The summed E-state index contributed by atoms with van der Waals surface area (Å²) in [5.74, 6) is 1.44. The number of carboxylic acid groups (broad SMARTS) is 2. The highest BCUT2D eigenvalue weighted by molar-refractivity contribution is 5.65. The minimum Gasteiger partial charge on any atom is -0.492 e. The van der Waals surface area contributed by atoms with Crippen molar-refractivity contribution >= 4 is 12.2 Å². The second-order valence-corrected chi connectivity index (χ2v) is 7.28. The van der Waals surface area contributed by atoms with Crippen LogP contribution in [0.4, 0.5) is 9.59 Å². The van der Waals surface area contributed by atoms with Crippen LogP contribution in [0.25, 0.3) is 0 Å². The Morgan fingerprint density at radius 1 is 0.594 bits per heavy atom. The number of carbonyl (C=O) groups is 2. The van der Waals surface area contributed by atoms with E-state index in [1.165, 1.54) is 9.80 Å². The number of hydrogen-bond donors (Lipinski definition) is 2. The summed E-state index contributed by atoms with van der Waals surface area (Å²) in [7, 11) is 0. The predicted molar refractivity (Wildman–Crippen MR) is 122 cm³/mol. The molecule has 32 heavy (non-hydrogen) atoms. The first-order chi connectivity index (χ1) is 15.6. The van der Waals surface area contributed by atoms with Gasteiger partial charge in [0.05, 0.1) is 13.1 Å². The molecule has 174 valence electrons. The molecule has 0 aliphatic carbocycles. The lowest BCUT2D eigenvalue weighted by Crippen LogP contribution is -2.34. The maximum absolute atomic E-state index is 11.4. The Morgan fingerprint density at radius 3 is 1.31 bits per heavy atom. The Kier molecular flexibility index (Phi) is 11.3. The van der Waals surface area contributed by atoms with E-state index in [2.05, 4.69) is 0 Å². The molecule has 8 heteroatoms. The zero-order chi connectivity index (χ0) is 23.0. The molecule has 0 radical (unpaired) electrons. The zero-order valence-electron chi connectivity index (χ0n) is 18.3. The number of benzene rings is 2. The molecule has 0 fully saturated rings. The quantitative estimate of drug-likeness (QED) is 0.388. The number of amides is 2. The van der Waals surface area contributed by atoms with Crippen molar-refractivity contribution in [2.75, 3.05) is 39.4 Å². The highest BCUT2D eigenvalue weighted by Crippen LogP contribution is 2.10. The third-order valence-electron chi connectivity index (χ3n) is 4.89. The van der Waals surface area contributed by atoms with Crippen molar-refractivity contribution in [2.45, 2.75) is 25.7 Å². The van der Waals surface area contributed by atoms with Gasteiger partial charge in [0, 0.05) is 13.1 Å². The monoisotopic (exact) mass is 444 g/mol. The largest absolute Gasteiger partial charge is 0.492 e. The van der Waals surface area contributed by atoms with E-state index in [0.717, 1.165) is 37.2 Å². The predicted octanol–water partition coefficient (Wildman–Crippen LogP) is 4.66. The standard InChI is InChI=1S/C24H32N2O6/c27-23(28)25(17-19-31-21-11-5-3-6-12-21)15-9-1-2-10-16-26(24(29)30)18-20-32-22-13-7-4-8-14-22/h3-8,11-14H,1-2,9-10,15-20H2,(H,27,28)(H,29,30). The van der Waals surface area contributed by atoms with Gasteiger partial charge in [0.2, 0.25) is 0 Å². The minimum atomic E-state index is -0.961. The number of unbranched alkanes of at least 4 members (excludes halogenated alkanes) is 3. The lowest BCUT2D eigenvalue weighted by molar-refractivity contribution is 0.131. The van der Waals surface area contributed by atoms with Gasteiger partial charge in [-0.25, -0.2) is 9.59 Å². The minimum absolute atomic E-state index is 0.301. The highest BCUT2D eigenvalue weighted by atomic mass is 16.5. The van der Waals surface area contributed by atoms with Crippen LogP contribution in [0.15, 0.2) is 60.7 Å². The van der Waals surface area contributed by atoms with E-state index in [0.29, 0.717) is 39.4 Å². The van der Waals surface area contributed by atoms with Crippen LogP contribution in [-0.2, 0) is 0 Å². The molecule has 0 heterocycles. The van der Waals surface area contributed by atoms with Crippen LogP contribution in [-0.4, -0.2) is 71.6 Å². The molecule has 0 spiro atoms. The van der Waals surface area contributed by atoms with Crippen molar-refractivity contribution in [1.82, 2.24) is 9.80 Å². The smallest absolute Gasteiger partial charge is 0.407 e. The van der Waals surface area contributed by atoms with Gasteiger partial charge in [-0.1, -0.05) is 49.2 Å². The molecule has 0 saturated heterocycles. The molecule has 2 amide bonds. The normalized spacial score (nSPS) is 10.4. The van der Waals surface area contributed by atoms with Crippen molar-refractivity contribution in [3.05, 3.63) is 60.7 Å². The van der Waals surface area contributed by atoms with Crippen molar-refractivity contribution in [2.24, 2.45) is 0 Å². The van der Waals surface area contributed by atoms with E-state index >= 15 is 0 Å². The fraction of sp³-hybridized carbons (Fsp3) is 0.417. The molecule has 2 rings (SSSR count). The molecule has 0 atom stereocenters. The molecule has 2 aromatic rings. The molecular weight excluding hydrogens is 412 g/mol. The summed E-state index contributed by atoms with van der Waals surface area (Å²) in [5.41, 5.74) is 0. The average molecular weight is 445 g/mol. The second-order valence-electron chi connectivity index (χ2n) is 7.28. The summed E-state index contributed by atoms with van der Waals surface area (Å²) in [5, 5.41) is 18.7. The molecule has 2 N–H and O–H groups in total. The summed E-state index contributed by atoms with van der Waals surface area (Å²) in [4.78, 5) is 25.5. The van der Waals surface area contributed by atoms with Gasteiger partial charge in [0.25, 0.3) is 0 Å². The Hall–Kier alpha value is -3.42. The van der Waals surface area contributed by atoms with Crippen molar-refractivity contribution in [1.29, 1.82) is 0 Å². The fourth-order valence-corrected chi connectivity index (χ4v) is 3.15. The van der Waals surface area contributed by atoms with Crippen LogP contribution >= 0.6 is 0 Å². The van der Waals surface area contributed by atoms with Crippen molar-refractivity contribution in [3.8, 4) is 11.5 Å². The number of rotatable bonds is 15. The number of nitrogens with zero attached hydrogens (tertiary/aromatic N) is 2. The molecule has 0 aliphatic rings. The van der Waals surface area contributed by atoms with E-state index < -0.39 is 12.2 Å². The summed E-state index contributed by atoms with van der Waals surface area (Å²) < 4.78 is 11.1. The molecule has 0 aliphatic heterocycles. The average Bonchev–Trinajstić information content (AvgIpc) is 2.79. The zero-order valence-corrected chi connectivity index (χ0v) is 18.3. The number of para-hydroxylation sites is 2. The summed E-state index contributed by atoms with van der Waals surface area (Å²) in [6, 6.07) is 18.6. The van der Waals surface area contributed by atoms with Crippen molar-refractivity contribution in [3.63, 3.8) is 0 Å². The van der Waals surface area contributed by atoms with Gasteiger partial charge in [-0.05, 0) is 37.1 Å². The molecule has 8 nitrogen and oxygen atoms in total. The lowest BCUT2D eigenvalue weighted by Gasteiger charge is -2.20. The van der Waals surface area contributed by atoms with E-state index in [1.807, 2.05) is 60.7 Å². The Bertz CT molecular complexity index is 720. The lowest BCUT2D eigenvalue weighted by atomic mass is 10.2. The van der Waals surface area contributed by atoms with Crippen LogP contribution in [0.2, 0.25) is 0 Å². The molecule has 0 bridgehead atoms. The molecule has 0 aromatic heterocycles. The van der Waals surface area contributed by atoms with Gasteiger partial charge in [0.1, 0.15) is 24.7 Å². The number of hydrogen-bond acceptors (Lipinski definition) is 4. The summed E-state index contributed by atoms with van der Waals surface area (Å²) >= 11 is 0. The van der Waals surface area contributed by atoms with Crippen LogP contribution in [0.1, 0.15) is 25.7 Å². The maximum atomic E-state index is 11.4. The SMILES string of the molecule is O=C(O)N(CCCCCCN(CCOc1ccccc1)C(=O)O)CCOc1ccccc1. The van der Waals surface area contributed by atoms with Crippen LogP contribution in [0, 0.1) is 0 Å². The number of ether oxygens (including phenoxy) is 2. The fourth-order valence-electron chi connectivity index (χ4n) is 3.15. The third kappa shape index (κ3) is 10.1. The molecule has 0 unspecified atom stereocenters. The van der Waals surface area contributed by atoms with E-state index in [4.69, 9.17) is 9.47 Å². The second kappa shape index (κ2) is 14.6. The van der Waals surface area contributed by atoms with Crippen LogP contribution in [0.3, 0.4) is 0 Å². The molecular formula is C24H32N2O6. The maximum Gasteiger partial charge on any atom is 0.407 e. The summed E-state index contributed by atoms with van der Waals surface area (Å²) in [6.45, 7) is 2.07. The van der Waals surface area contributed by atoms with E-state index in [1.54, 1.807) is 0 Å². The van der Waals surface area contributed by atoms with Crippen molar-refractivity contribution < 1.29 is 29.3 Å². The van der Waals surface area contributed by atoms with Gasteiger partial charge < -0.3 is 29.5 Å². The Labute approximate surface area is 189 Å². The first-order valence-corrected chi connectivity index (χ1v) is 10.9. The molecule has 2 aromatic carbocycles. The third-order valence-corrected chi connectivity index (χ3v) is 4.89. The van der Waals surface area contributed by atoms with Gasteiger partial charge in [-0.3, -0.25) is 0 Å². The van der Waals surface area contributed by atoms with Crippen LogP contribution in [0.5, 0.6) is 11.5 Å². The van der Waals surface area contributed by atoms with Gasteiger partial charge in [-0.15, -0.1) is 0 Å². The van der Waals surface area contributed by atoms with Gasteiger partial charge >= 0.3 is 12.2 Å². The first kappa shape index (κ1) is 24.8.